The molecule has 1 amide bonds. The molecular weight excluding hydrogens is 204 g/mol. The van der Waals surface area contributed by atoms with Gasteiger partial charge in [0.25, 0.3) is 0 Å². The number of nitrogens with one attached hydrogen (secondary N) is 1. The molecule has 4 N–H and O–H groups in total. The molecule has 0 aliphatic heterocycles. The molecule has 1 saturated carbocycles. The van der Waals surface area contributed by atoms with Gasteiger partial charge in [0.15, 0.2) is 0 Å². The van der Waals surface area contributed by atoms with Gasteiger partial charge in [-0.05, 0) is 30.5 Å². The van der Waals surface area contributed by atoms with Crippen LogP contribution in [0.25, 0.3) is 0 Å². The summed E-state index contributed by atoms with van der Waals surface area (Å²) >= 11 is 0. The lowest BCUT2D eigenvalue weighted by molar-refractivity contribution is 0.1000. The van der Waals surface area contributed by atoms with Crippen molar-refractivity contribution in [2.24, 2.45) is 5.73 Å². The first-order valence-corrected chi connectivity index (χ1v) is 5.40. The molecule has 4 nitrogen and oxygen atoms in total. The zero-order chi connectivity index (χ0) is 11.6. The van der Waals surface area contributed by atoms with Crippen LogP contribution < -0.4 is 11.1 Å². The first kappa shape index (κ1) is 11.1. The molecule has 0 unspecified atom stereocenters. The molecule has 0 atom stereocenters. The monoisotopic (exact) mass is 220 g/mol. The first-order valence-electron chi connectivity index (χ1n) is 5.40. The summed E-state index contributed by atoms with van der Waals surface area (Å²) in [5.74, 6) is -0.412. The molecule has 0 radical (unpaired) electrons. The maximum absolute atomic E-state index is 11.0. The Morgan fingerprint density at radius 3 is 2.81 bits per heavy atom. The molecule has 0 bridgehead atoms. The highest BCUT2D eigenvalue weighted by Crippen LogP contribution is 2.34. The maximum atomic E-state index is 11.0. The van der Waals surface area contributed by atoms with E-state index in [0.717, 1.165) is 18.4 Å². The van der Waals surface area contributed by atoms with E-state index < -0.39 is 5.91 Å². The second kappa shape index (κ2) is 4.23. The minimum atomic E-state index is -0.412. The third-order valence-electron chi connectivity index (χ3n) is 3.04. The minimum Gasteiger partial charge on any atom is -0.394 e. The van der Waals surface area contributed by atoms with Crippen LogP contribution in [-0.4, -0.2) is 23.2 Å². The number of amides is 1. The SMILES string of the molecule is NC(=O)c1cccc(CNC2(CO)CC2)c1. The molecular formula is C12H16N2O2. The lowest BCUT2D eigenvalue weighted by Gasteiger charge is -2.14. The number of benzene rings is 1. The highest BCUT2D eigenvalue weighted by atomic mass is 16.3. The lowest BCUT2D eigenvalue weighted by atomic mass is 10.1. The van der Waals surface area contributed by atoms with E-state index in [1.165, 1.54) is 0 Å². The summed E-state index contributed by atoms with van der Waals surface area (Å²) in [4.78, 5) is 11.0. The predicted molar refractivity (Wildman–Crippen MR) is 60.9 cm³/mol. The van der Waals surface area contributed by atoms with Crippen LogP contribution in [0.2, 0.25) is 0 Å². The molecule has 0 aromatic heterocycles. The molecule has 1 aliphatic carbocycles. The van der Waals surface area contributed by atoms with Gasteiger partial charge in [-0.25, -0.2) is 0 Å². The molecule has 2 rings (SSSR count). The van der Waals surface area contributed by atoms with Crippen molar-refractivity contribution in [2.75, 3.05) is 6.61 Å². The van der Waals surface area contributed by atoms with Crippen molar-refractivity contribution in [2.45, 2.75) is 24.9 Å². The van der Waals surface area contributed by atoms with E-state index in [1.807, 2.05) is 12.1 Å². The first-order chi connectivity index (χ1) is 7.65. The van der Waals surface area contributed by atoms with Crippen LogP contribution in [0, 0.1) is 0 Å². The number of hydrogen-bond donors (Lipinski definition) is 3. The summed E-state index contributed by atoms with van der Waals surface area (Å²) < 4.78 is 0. The number of rotatable bonds is 5. The van der Waals surface area contributed by atoms with Crippen LogP contribution in [0.15, 0.2) is 24.3 Å². The number of primary amides is 1. The number of hydrogen-bond acceptors (Lipinski definition) is 3. The van der Waals surface area contributed by atoms with Crippen molar-refractivity contribution in [3.63, 3.8) is 0 Å². The van der Waals surface area contributed by atoms with Crippen molar-refractivity contribution in [3.8, 4) is 0 Å². The van der Waals surface area contributed by atoms with Gasteiger partial charge in [0.05, 0.1) is 6.61 Å². The van der Waals surface area contributed by atoms with Crippen molar-refractivity contribution in [3.05, 3.63) is 35.4 Å². The van der Waals surface area contributed by atoms with E-state index in [0.29, 0.717) is 12.1 Å². The summed E-state index contributed by atoms with van der Waals surface area (Å²) in [7, 11) is 0. The van der Waals surface area contributed by atoms with Crippen molar-refractivity contribution in [1.82, 2.24) is 5.32 Å². The molecule has 16 heavy (non-hydrogen) atoms. The summed E-state index contributed by atoms with van der Waals surface area (Å²) in [5.41, 5.74) is 6.65. The van der Waals surface area contributed by atoms with Gasteiger partial charge >= 0.3 is 0 Å². The lowest BCUT2D eigenvalue weighted by Crippen LogP contribution is -2.34. The van der Waals surface area contributed by atoms with Gasteiger partial charge in [0.2, 0.25) is 5.91 Å². The van der Waals surface area contributed by atoms with Crippen LogP contribution in [0.1, 0.15) is 28.8 Å². The third-order valence-corrected chi connectivity index (χ3v) is 3.04. The van der Waals surface area contributed by atoms with Crippen molar-refractivity contribution < 1.29 is 9.90 Å². The minimum absolute atomic E-state index is 0.0806. The van der Waals surface area contributed by atoms with E-state index in [1.54, 1.807) is 12.1 Å². The van der Waals surface area contributed by atoms with Crippen LogP contribution in [0.3, 0.4) is 0 Å². The molecule has 0 spiro atoms. The second-order valence-corrected chi connectivity index (χ2v) is 4.36. The summed E-state index contributed by atoms with van der Waals surface area (Å²) in [5, 5.41) is 12.4. The maximum Gasteiger partial charge on any atom is 0.248 e. The standard InChI is InChI=1S/C12H16N2O2/c13-11(16)10-3-1-2-9(6-10)7-14-12(8-15)4-5-12/h1-3,6,14-15H,4-5,7-8H2,(H2,13,16). The molecule has 0 saturated heterocycles. The molecule has 4 heteroatoms. The fourth-order valence-corrected chi connectivity index (χ4v) is 1.67. The Balaban J connectivity index is 1.99. The van der Waals surface area contributed by atoms with E-state index in [2.05, 4.69) is 5.32 Å². The van der Waals surface area contributed by atoms with Gasteiger partial charge in [-0.15, -0.1) is 0 Å². The predicted octanol–water partition coefficient (Wildman–Crippen LogP) is 0.400. The van der Waals surface area contributed by atoms with Gasteiger partial charge in [0, 0.05) is 17.6 Å². The van der Waals surface area contributed by atoms with Crippen LogP contribution >= 0.6 is 0 Å². The molecule has 1 aliphatic rings. The molecule has 0 heterocycles. The normalized spacial score (nSPS) is 17.1. The quantitative estimate of drug-likeness (QED) is 0.672. The Morgan fingerprint density at radius 1 is 1.50 bits per heavy atom. The van der Waals surface area contributed by atoms with Crippen LogP contribution in [-0.2, 0) is 6.54 Å². The number of nitrogens with two attached hydrogens (primary N) is 1. The number of carbonyl (C=O) groups excluding carboxylic acids is 1. The smallest absolute Gasteiger partial charge is 0.248 e. The van der Waals surface area contributed by atoms with Crippen LogP contribution in [0.5, 0.6) is 0 Å². The average Bonchev–Trinajstić information content (AvgIpc) is 3.07. The van der Waals surface area contributed by atoms with Gasteiger partial charge in [-0.2, -0.15) is 0 Å². The zero-order valence-corrected chi connectivity index (χ0v) is 9.07. The highest BCUT2D eigenvalue weighted by molar-refractivity contribution is 5.92. The molecule has 1 aromatic rings. The number of aliphatic hydroxyl groups is 1. The largest absolute Gasteiger partial charge is 0.394 e. The Kier molecular flexibility index (Phi) is 2.94. The summed E-state index contributed by atoms with van der Waals surface area (Å²) in [6, 6.07) is 7.23. The van der Waals surface area contributed by atoms with Gasteiger partial charge in [-0.1, -0.05) is 12.1 Å². The van der Waals surface area contributed by atoms with Crippen LogP contribution in [0.4, 0.5) is 0 Å². The Labute approximate surface area is 94.5 Å². The fraction of sp³-hybridized carbons (Fsp3) is 0.417. The van der Waals surface area contributed by atoms with Gasteiger partial charge in [-0.3, -0.25) is 4.79 Å². The van der Waals surface area contributed by atoms with E-state index in [9.17, 15) is 4.79 Å². The van der Waals surface area contributed by atoms with E-state index in [-0.39, 0.29) is 12.1 Å². The number of aliphatic hydroxyl groups excluding tert-OH is 1. The van der Waals surface area contributed by atoms with Gasteiger partial charge < -0.3 is 16.2 Å². The summed E-state index contributed by atoms with van der Waals surface area (Å²) in [6.45, 7) is 0.824. The molecule has 86 valence electrons. The highest BCUT2D eigenvalue weighted by Gasteiger charge is 2.41. The third kappa shape index (κ3) is 2.40. The van der Waals surface area contributed by atoms with Crippen molar-refractivity contribution in [1.29, 1.82) is 0 Å². The summed E-state index contributed by atoms with van der Waals surface area (Å²) in [6.07, 6.45) is 2.03. The van der Waals surface area contributed by atoms with Crippen molar-refractivity contribution >= 4 is 5.91 Å². The van der Waals surface area contributed by atoms with E-state index in [4.69, 9.17) is 10.8 Å². The number of carbonyl (C=O) groups is 1. The fourth-order valence-electron chi connectivity index (χ4n) is 1.67. The Hall–Kier alpha value is -1.39. The Bertz CT molecular complexity index is 400. The molecule has 1 fully saturated rings. The Morgan fingerprint density at radius 2 is 2.25 bits per heavy atom. The zero-order valence-electron chi connectivity index (χ0n) is 9.07. The molecule has 1 aromatic carbocycles. The van der Waals surface area contributed by atoms with E-state index >= 15 is 0 Å². The average molecular weight is 220 g/mol. The topological polar surface area (TPSA) is 75.4 Å². The second-order valence-electron chi connectivity index (χ2n) is 4.36. The van der Waals surface area contributed by atoms with Gasteiger partial charge in [0.1, 0.15) is 0 Å².